The van der Waals surface area contributed by atoms with Crippen LogP contribution in [-0.4, -0.2) is 12.1 Å². The minimum Gasteiger partial charge on any atom is -0.493 e. The van der Waals surface area contributed by atoms with Crippen LogP contribution in [0.3, 0.4) is 0 Å². The van der Waals surface area contributed by atoms with E-state index in [-0.39, 0.29) is 12.4 Å². The lowest BCUT2D eigenvalue weighted by atomic mass is 10.1. The van der Waals surface area contributed by atoms with Crippen LogP contribution in [-0.2, 0) is 19.7 Å². The summed E-state index contributed by atoms with van der Waals surface area (Å²) in [7, 11) is 1.66. The fourth-order valence-corrected chi connectivity index (χ4v) is 2.60. The molecule has 0 unspecified atom stereocenters. The van der Waals surface area contributed by atoms with Crippen molar-refractivity contribution in [3.05, 3.63) is 89.7 Å². The fraction of sp³-hybridized carbons (Fsp3) is 0.190. The topological polar surface area (TPSA) is 43.4 Å². The first kappa shape index (κ1) is 19.8. The molecule has 0 fully saturated rings. The number of ether oxygens (including phenoxy) is 2. The van der Waals surface area contributed by atoms with Crippen LogP contribution < -0.4 is 14.8 Å². The first-order valence-corrected chi connectivity index (χ1v) is 8.29. The highest BCUT2D eigenvalue weighted by Crippen LogP contribution is 2.31. The zero-order chi connectivity index (χ0) is 17.3. The number of hydrogen-bond donors (Lipinski definition) is 1. The van der Waals surface area contributed by atoms with E-state index >= 15 is 0 Å². The SMILES string of the molecule is COc1cccc(CNCc2cccnc2)c1OCc1ccccc1.Cl. The third-order valence-corrected chi connectivity index (χ3v) is 3.87. The summed E-state index contributed by atoms with van der Waals surface area (Å²) < 4.78 is 11.5. The number of hydrogen-bond acceptors (Lipinski definition) is 4. The average molecular weight is 371 g/mol. The standard InChI is InChI=1S/C21H22N2O2.ClH/c1-24-20-11-5-10-19(15-23-14-18-9-6-12-22-13-18)21(20)25-16-17-7-3-2-4-8-17;/h2-13,23H,14-16H2,1H3;1H. The van der Waals surface area contributed by atoms with Crippen LogP contribution in [0.4, 0.5) is 0 Å². The van der Waals surface area contributed by atoms with Gasteiger partial charge in [-0.3, -0.25) is 4.98 Å². The molecule has 3 aromatic rings. The van der Waals surface area contributed by atoms with Crippen LogP contribution in [0.15, 0.2) is 73.1 Å². The molecule has 0 bridgehead atoms. The second-order valence-corrected chi connectivity index (χ2v) is 5.69. The fourth-order valence-electron chi connectivity index (χ4n) is 2.60. The van der Waals surface area contributed by atoms with E-state index in [1.54, 1.807) is 13.3 Å². The van der Waals surface area contributed by atoms with Crippen molar-refractivity contribution < 1.29 is 9.47 Å². The third kappa shape index (κ3) is 5.48. The third-order valence-electron chi connectivity index (χ3n) is 3.87. The number of aromatic nitrogens is 1. The van der Waals surface area contributed by atoms with Crippen LogP contribution in [0.1, 0.15) is 16.7 Å². The second-order valence-electron chi connectivity index (χ2n) is 5.69. The first-order chi connectivity index (χ1) is 12.4. The van der Waals surface area contributed by atoms with Gasteiger partial charge in [0, 0.05) is 31.0 Å². The minimum absolute atomic E-state index is 0. The number of pyridine rings is 1. The van der Waals surface area contributed by atoms with Crippen molar-refractivity contribution >= 4 is 12.4 Å². The van der Waals surface area contributed by atoms with Crippen molar-refractivity contribution in [2.24, 2.45) is 0 Å². The Labute approximate surface area is 160 Å². The highest BCUT2D eigenvalue weighted by atomic mass is 35.5. The number of para-hydroxylation sites is 1. The molecule has 4 nitrogen and oxygen atoms in total. The maximum Gasteiger partial charge on any atom is 0.166 e. The maximum atomic E-state index is 6.07. The predicted molar refractivity (Wildman–Crippen MR) is 106 cm³/mol. The molecule has 0 atom stereocenters. The molecular weight excluding hydrogens is 348 g/mol. The van der Waals surface area contributed by atoms with Gasteiger partial charge < -0.3 is 14.8 Å². The Kier molecular flexibility index (Phi) is 7.93. The van der Waals surface area contributed by atoms with Crippen LogP contribution in [0.5, 0.6) is 11.5 Å². The Morgan fingerprint density at radius 3 is 2.42 bits per heavy atom. The quantitative estimate of drug-likeness (QED) is 0.639. The number of rotatable bonds is 8. The number of nitrogens with zero attached hydrogens (tertiary/aromatic N) is 1. The Balaban J connectivity index is 0.00000243. The summed E-state index contributed by atoms with van der Waals surface area (Å²) in [6, 6.07) is 20.1. The molecule has 0 aliphatic heterocycles. The largest absolute Gasteiger partial charge is 0.493 e. The van der Waals surface area contributed by atoms with Gasteiger partial charge in [-0.25, -0.2) is 0 Å². The average Bonchev–Trinajstić information content (AvgIpc) is 2.68. The summed E-state index contributed by atoms with van der Waals surface area (Å²) in [6.45, 7) is 1.95. The van der Waals surface area contributed by atoms with E-state index in [1.165, 1.54) is 0 Å². The van der Waals surface area contributed by atoms with E-state index in [2.05, 4.69) is 34.6 Å². The summed E-state index contributed by atoms with van der Waals surface area (Å²) in [5, 5.41) is 3.43. The van der Waals surface area contributed by atoms with Crippen molar-refractivity contribution in [3.63, 3.8) is 0 Å². The summed E-state index contributed by atoms with van der Waals surface area (Å²) in [5.74, 6) is 1.53. The van der Waals surface area contributed by atoms with Crippen LogP contribution in [0, 0.1) is 0 Å². The van der Waals surface area contributed by atoms with Crippen molar-refractivity contribution in [1.82, 2.24) is 10.3 Å². The molecule has 0 spiro atoms. The summed E-state index contributed by atoms with van der Waals surface area (Å²) >= 11 is 0. The van der Waals surface area contributed by atoms with Crippen molar-refractivity contribution in [2.75, 3.05) is 7.11 Å². The Hall–Kier alpha value is -2.56. The van der Waals surface area contributed by atoms with Crippen LogP contribution in [0.2, 0.25) is 0 Å². The van der Waals surface area contributed by atoms with Gasteiger partial charge in [0.05, 0.1) is 7.11 Å². The summed E-state index contributed by atoms with van der Waals surface area (Å²) in [6.07, 6.45) is 3.65. The van der Waals surface area contributed by atoms with Gasteiger partial charge in [-0.2, -0.15) is 0 Å². The molecule has 1 N–H and O–H groups in total. The molecule has 0 radical (unpaired) electrons. The number of benzene rings is 2. The number of halogens is 1. The lowest BCUT2D eigenvalue weighted by molar-refractivity contribution is 0.280. The Morgan fingerprint density at radius 2 is 1.69 bits per heavy atom. The highest BCUT2D eigenvalue weighted by Gasteiger charge is 2.10. The van der Waals surface area contributed by atoms with E-state index in [1.807, 2.05) is 42.6 Å². The summed E-state index contributed by atoms with van der Waals surface area (Å²) in [5.41, 5.74) is 3.35. The monoisotopic (exact) mass is 370 g/mol. The Bertz CT molecular complexity index is 783. The molecule has 0 saturated carbocycles. The van der Waals surface area contributed by atoms with E-state index in [0.717, 1.165) is 34.7 Å². The van der Waals surface area contributed by atoms with E-state index in [9.17, 15) is 0 Å². The first-order valence-electron chi connectivity index (χ1n) is 8.29. The van der Waals surface area contributed by atoms with Crippen molar-refractivity contribution in [2.45, 2.75) is 19.7 Å². The maximum absolute atomic E-state index is 6.07. The molecule has 0 amide bonds. The van der Waals surface area contributed by atoms with Gasteiger partial charge in [0.1, 0.15) is 6.61 Å². The van der Waals surface area contributed by atoms with Crippen LogP contribution >= 0.6 is 12.4 Å². The molecule has 2 aromatic carbocycles. The van der Waals surface area contributed by atoms with E-state index in [0.29, 0.717) is 13.2 Å². The van der Waals surface area contributed by atoms with Gasteiger partial charge in [0.25, 0.3) is 0 Å². The van der Waals surface area contributed by atoms with Gasteiger partial charge in [0.15, 0.2) is 11.5 Å². The molecule has 0 aliphatic rings. The lowest BCUT2D eigenvalue weighted by Gasteiger charge is -2.15. The molecule has 136 valence electrons. The lowest BCUT2D eigenvalue weighted by Crippen LogP contribution is -2.14. The normalized spacial score (nSPS) is 10.0. The van der Waals surface area contributed by atoms with Gasteiger partial charge in [0.2, 0.25) is 0 Å². The van der Waals surface area contributed by atoms with Crippen LogP contribution in [0.25, 0.3) is 0 Å². The molecule has 0 saturated heterocycles. The molecule has 1 aromatic heterocycles. The minimum atomic E-state index is 0. The molecule has 0 aliphatic carbocycles. The highest BCUT2D eigenvalue weighted by molar-refractivity contribution is 5.85. The van der Waals surface area contributed by atoms with Gasteiger partial charge in [-0.15, -0.1) is 12.4 Å². The van der Waals surface area contributed by atoms with Crippen molar-refractivity contribution in [1.29, 1.82) is 0 Å². The molecule has 3 rings (SSSR count). The van der Waals surface area contributed by atoms with Gasteiger partial charge >= 0.3 is 0 Å². The molecule has 5 heteroatoms. The Morgan fingerprint density at radius 1 is 0.885 bits per heavy atom. The second kappa shape index (κ2) is 10.4. The molecule has 26 heavy (non-hydrogen) atoms. The zero-order valence-electron chi connectivity index (χ0n) is 14.7. The zero-order valence-corrected chi connectivity index (χ0v) is 15.5. The van der Waals surface area contributed by atoms with Crippen molar-refractivity contribution in [3.8, 4) is 11.5 Å². The smallest absolute Gasteiger partial charge is 0.166 e. The number of methoxy groups -OCH3 is 1. The summed E-state index contributed by atoms with van der Waals surface area (Å²) in [4.78, 5) is 4.13. The van der Waals surface area contributed by atoms with E-state index < -0.39 is 0 Å². The molecule has 1 heterocycles. The number of nitrogens with one attached hydrogen (secondary N) is 1. The van der Waals surface area contributed by atoms with E-state index in [4.69, 9.17) is 9.47 Å². The molecular formula is C21H23ClN2O2. The van der Waals surface area contributed by atoms with Gasteiger partial charge in [-0.05, 0) is 23.3 Å². The van der Waals surface area contributed by atoms with Gasteiger partial charge in [-0.1, -0.05) is 48.5 Å². The predicted octanol–water partition coefficient (Wildman–Crippen LogP) is 4.38.